The SMILES string of the molecule is c1cc2c3c(c1)-c1cccc[n+]1C31c3c(ccc4c5ccncc5c5cc6ccc[n+]1c6n5c34)O2. The van der Waals surface area contributed by atoms with Crippen LogP contribution in [0.2, 0.25) is 0 Å². The minimum atomic E-state index is -0.572. The molecular formula is C30H16N4O+2. The average molecular weight is 448 g/mol. The van der Waals surface area contributed by atoms with Gasteiger partial charge in [-0.2, -0.15) is 8.97 Å². The second-order valence-corrected chi connectivity index (χ2v) is 9.69. The molecule has 0 amide bonds. The molecule has 1 spiro atoms. The Labute approximate surface area is 198 Å². The number of hydrogen-bond donors (Lipinski definition) is 0. The molecule has 7 aromatic rings. The molecule has 0 fully saturated rings. The van der Waals surface area contributed by atoms with Crippen molar-refractivity contribution in [1.82, 2.24) is 9.38 Å². The van der Waals surface area contributed by atoms with Crippen LogP contribution in [0, 0.1) is 0 Å². The topological polar surface area (TPSA) is 34.3 Å². The van der Waals surface area contributed by atoms with Crippen LogP contribution >= 0.6 is 0 Å². The van der Waals surface area contributed by atoms with E-state index < -0.39 is 5.66 Å². The van der Waals surface area contributed by atoms with E-state index in [2.05, 4.69) is 104 Å². The molecule has 10 rings (SSSR count). The summed E-state index contributed by atoms with van der Waals surface area (Å²) in [5.74, 6) is 1.83. The van der Waals surface area contributed by atoms with Gasteiger partial charge in [0.25, 0.3) is 0 Å². The lowest BCUT2D eigenvalue weighted by Gasteiger charge is -2.33. The van der Waals surface area contributed by atoms with Crippen molar-refractivity contribution in [1.29, 1.82) is 0 Å². The molecule has 8 heterocycles. The van der Waals surface area contributed by atoms with Crippen LogP contribution in [0.3, 0.4) is 0 Å². The molecule has 0 bridgehead atoms. The zero-order chi connectivity index (χ0) is 22.5. The van der Waals surface area contributed by atoms with Crippen molar-refractivity contribution in [2.24, 2.45) is 0 Å². The summed E-state index contributed by atoms with van der Waals surface area (Å²) in [4.78, 5) is 4.49. The average Bonchev–Trinajstić information content (AvgIpc) is 3.45. The molecule has 5 nitrogen and oxygen atoms in total. The number of nitrogens with zero attached hydrogens (tertiary/aromatic N) is 4. The van der Waals surface area contributed by atoms with E-state index in [1.54, 1.807) is 0 Å². The molecular weight excluding hydrogens is 432 g/mol. The van der Waals surface area contributed by atoms with Crippen LogP contribution in [0.1, 0.15) is 11.1 Å². The van der Waals surface area contributed by atoms with Gasteiger partial charge < -0.3 is 4.74 Å². The van der Waals surface area contributed by atoms with E-state index in [1.807, 2.05) is 12.4 Å². The van der Waals surface area contributed by atoms with Gasteiger partial charge in [-0.3, -0.25) is 4.98 Å². The lowest BCUT2D eigenvalue weighted by Crippen LogP contribution is -2.74. The van der Waals surface area contributed by atoms with Gasteiger partial charge in [0.1, 0.15) is 22.6 Å². The Morgan fingerprint density at radius 3 is 2.71 bits per heavy atom. The lowest BCUT2D eigenvalue weighted by atomic mass is 9.83. The van der Waals surface area contributed by atoms with Crippen molar-refractivity contribution < 1.29 is 13.9 Å². The van der Waals surface area contributed by atoms with Crippen LogP contribution in [0.5, 0.6) is 11.5 Å². The van der Waals surface area contributed by atoms with Gasteiger partial charge in [0, 0.05) is 46.8 Å². The Morgan fingerprint density at radius 2 is 1.71 bits per heavy atom. The first-order chi connectivity index (χ1) is 17.4. The van der Waals surface area contributed by atoms with Crippen LogP contribution in [-0.2, 0) is 5.66 Å². The molecule has 3 aliphatic rings. The summed E-state index contributed by atoms with van der Waals surface area (Å²) in [7, 11) is 0. The highest BCUT2D eigenvalue weighted by molar-refractivity contribution is 6.16. The molecule has 2 aromatic carbocycles. The smallest absolute Gasteiger partial charge is 0.374 e. The van der Waals surface area contributed by atoms with E-state index >= 15 is 0 Å². The first-order valence-corrected chi connectivity index (χ1v) is 11.9. The fraction of sp³-hybridized carbons (Fsp3) is 0.0333. The number of hydrogen-bond acceptors (Lipinski definition) is 2. The lowest BCUT2D eigenvalue weighted by molar-refractivity contribution is -0.954. The fourth-order valence-electron chi connectivity index (χ4n) is 7.13. The Balaban J connectivity index is 1.61. The molecule has 0 saturated carbocycles. The van der Waals surface area contributed by atoms with Crippen LogP contribution in [0.4, 0.5) is 0 Å². The molecule has 5 aromatic heterocycles. The van der Waals surface area contributed by atoms with E-state index in [0.29, 0.717) is 0 Å². The first kappa shape index (κ1) is 16.8. The molecule has 3 aliphatic heterocycles. The molecule has 160 valence electrons. The van der Waals surface area contributed by atoms with Gasteiger partial charge in [-0.1, -0.05) is 6.07 Å². The molecule has 35 heavy (non-hydrogen) atoms. The Hall–Kier alpha value is -4.77. The summed E-state index contributed by atoms with van der Waals surface area (Å²) in [5.41, 5.74) is 7.82. The number of rotatable bonds is 0. The second-order valence-electron chi connectivity index (χ2n) is 9.69. The Kier molecular flexibility index (Phi) is 2.47. The summed E-state index contributed by atoms with van der Waals surface area (Å²) in [6.45, 7) is 0. The van der Waals surface area contributed by atoms with Gasteiger partial charge in [0.05, 0.1) is 17.1 Å². The molecule has 1 atom stereocenters. The monoisotopic (exact) mass is 448 g/mol. The van der Waals surface area contributed by atoms with E-state index in [1.165, 1.54) is 55.2 Å². The second kappa shape index (κ2) is 5.15. The van der Waals surface area contributed by atoms with Crippen molar-refractivity contribution in [2.75, 3.05) is 0 Å². The summed E-state index contributed by atoms with van der Waals surface area (Å²) < 4.78 is 14.0. The molecule has 0 aliphatic carbocycles. The van der Waals surface area contributed by atoms with Crippen LogP contribution in [-0.4, -0.2) is 9.38 Å². The van der Waals surface area contributed by atoms with Crippen molar-refractivity contribution in [2.45, 2.75) is 5.66 Å². The molecule has 0 N–H and O–H groups in total. The maximum absolute atomic E-state index is 6.68. The Morgan fingerprint density at radius 1 is 0.771 bits per heavy atom. The standard InChI is InChI=1S/C30H16N4O/c1-2-13-32-22(7-1)20-6-3-8-24-26(20)30(32)27-25(35-24)10-9-19-18-11-12-31-16-21(18)23-15-17-5-4-14-33(30)29(17)34(23)28(19)27/h1-16H/q+2. The van der Waals surface area contributed by atoms with Crippen molar-refractivity contribution in [3.63, 3.8) is 0 Å². The number of aromatic nitrogens is 4. The van der Waals surface area contributed by atoms with E-state index in [0.717, 1.165) is 16.9 Å². The summed E-state index contributed by atoms with van der Waals surface area (Å²) in [5, 5.41) is 4.81. The predicted octanol–water partition coefficient (Wildman–Crippen LogP) is 5.07. The van der Waals surface area contributed by atoms with Crippen LogP contribution in [0.15, 0.2) is 97.6 Å². The largest absolute Gasteiger partial charge is 0.456 e. The number of ether oxygens (including phenoxy) is 1. The third kappa shape index (κ3) is 1.55. The summed E-state index contributed by atoms with van der Waals surface area (Å²) >= 11 is 0. The van der Waals surface area contributed by atoms with Crippen molar-refractivity contribution in [3.8, 4) is 22.8 Å². The van der Waals surface area contributed by atoms with Crippen LogP contribution < -0.4 is 13.9 Å². The van der Waals surface area contributed by atoms with Gasteiger partial charge in [0.15, 0.2) is 17.3 Å². The quantitative estimate of drug-likeness (QED) is 0.240. The van der Waals surface area contributed by atoms with E-state index in [-0.39, 0.29) is 0 Å². The fourth-order valence-corrected chi connectivity index (χ4v) is 7.13. The first-order valence-electron chi connectivity index (χ1n) is 11.9. The highest BCUT2D eigenvalue weighted by Gasteiger charge is 2.66. The third-order valence-corrected chi connectivity index (χ3v) is 8.27. The highest BCUT2D eigenvalue weighted by Crippen LogP contribution is 2.55. The van der Waals surface area contributed by atoms with Crippen molar-refractivity contribution in [3.05, 3.63) is 109 Å². The van der Waals surface area contributed by atoms with Gasteiger partial charge >= 0.3 is 11.3 Å². The Bertz CT molecular complexity index is 2160. The maximum atomic E-state index is 6.68. The number of benzene rings is 2. The molecule has 0 radical (unpaired) electrons. The minimum absolute atomic E-state index is 0.572. The van der Waals surface area contributed by atoms with Crippen molar-refractivity contribution >= 4 is 38.2 Å². The minimum Gasteiger partial charge on any atom is -0.456 e. The summed E-state index contributed by atoms with van der Waals surface area (Å²) in [6, 6.07) is 26.1. The van der Waals surface area contributed by atoms with Gasteiger partial charge in [-0.05, 0) is 48.5 Å². The highest BCUT2D eigenvalue weighted by atomic mass is 16.5. The van der Waals surface area contributed by atoms with Gasteiger partial charge in [0.2, 0.25) is 5.69 Å². The third-order valence-electron chi connectivity index (χ3n) is 8.27. The van der Waals surface area contributed by atoms with Gasteiger partial charge in [-0.25, -0.2) is 0 Å². The zero-order valence-electron chi connectivity index (χ0n) is 18.4. The zero-order valence-corrected chi connectivity index (χ0v) is 18.4. The van der Waals surface area contributed by atoms with Crippen LogP contribution in [0.25, 0.3) is 49.5 Å². The number of fused-ring (bicyclic) bond motifs is 5. The summed E-state index contributed by atoms with van der Waals surface area (Å²) in [6.07, 6.45) is 8.34. The molecule has 5 heteroatoms. The normalized spacial score (nSPS) is 18.1. The van der Waals surface area contributed by atoms with Gasteiger partial charge in [-0.15, -0.1) is 4.57 Å². The maximum Gasteiger partial charge on any atom is 0.374 e. The number of pyridine rings is 4. The molecule has 1 unspecified atom stereocenters. The van der Waals surface area contributed by atoms with E-state index in [9.17, 15) is 0 Å². The van der Waals surface area contributed by atoms with E-state index in [4.69, 9.17) is 4.74 Å². The molecule has 0 saturated heterocycles. The predicted molar refractivity (Wildman–Crippen MR) is 132 cm³/mol.